The Hall–Kier alpha value is -2.11. The van der Waals surface area contributed by atoms with Gasteiger partial charge in [-0.15, -0.1) is 0 Å². The van der Waals surface area contributed by atoms with E-state index in [0.717, 1.165) is 6.54 Å². The van der Waals surface area contributed by atoms with Gasteiger partial charge in [0.25, 0.3) is 0 Å². The van der Waals surface area contributed by atoms with Crippen LogP contribution in [-0.2, 0) is 6.54 Å². The Bertz CT molecular complexity index is 439. The van der Waals surface area contributed by atoms with Gasteiger partial charge in [-0.2, -0.15) is 0 Å². The van der Waals surface area contributed by atoms with Crippen LogP contribution in [0.15, 0.2) is 31.1 Å². The van der Waals surface area contributed by atoms with Crippen molar-refractivity contribution in [3.8, 4) is 5.75 Å². The number of anilines is 1. The molecule has 0 radical (unpaired) electrons. The number of nitrogens with zero attached hydrogens (tertiary/aromatic N) is 4. The molecule has 0 amide bonds. The number of hydrogen-bond donors (Lipinski definition) is 1. The molecule has 0 bridgehead atoms. The van der Waals surface area contributed by atoms with Gasteiger partial charge < -0.3 is 14.6 Å². The van der Waals surface area contributed by atoms with Crippen molar-refractivity contribution < 1.29 is 4.74 Å². The Morgan fingerprint density at radius 1 is 1.41 bits per heavy atom. The van der Waals surface area contributed by atoms with E-state index in [2.05, 4.69) is 27.2 Å². The van der Waals surface area contributed by atoms with Crippen molar-refractivity contribution >= 4 is 5.95 Å². The van der Waals surface area contributed by atoms with E-state index >= 15 is 0 Å². The second kappa shape index (κ2) is 5.29. The van der Waals surface area contributed by atoms with Gasteiger partial charge in [-0.25, -0.2) is 15.0 Å². The summed E-state index contributed by atoms with van der Waals surface area (Å²) in [5, 5.41) is 3.21. The second-order valence-corrected chi connectivity index (χ2v) is 3.75. The number of imidazole rings is 1. The summed E-state index contributed by atoms with van der Waals surface area (Å²) in [5.41, 5.74) is 0. The Morgan fingerprint density at radius 2 is 2.18 bits per heavy atom. The molecule has 90 valence electrons. The lowest BCUT2D eigenvalue weighted by molar-refractivity contribution is 0.411. The summed E-state index contributed by atoms with van der Waals surface area (Å²) < 4.78 is 7.00. The summed E-state index contributed by atoms with van der Waals surface area (Å²) in [6, 6.07) is 0.220. The molecule has 1 unspecified atom stereocenters. The normalized spacial score (nSPS) is 12.1. The molecule has 0 saturated carbocycles. The smallest absolute Gasteiger partial charge is 0.223 e. The van der Waals surface area contributed by atoms with E-state index in [1.54, 1.807) is 32.0 Å². The molecule has 6 heteroatoms. The molecular weight excluding hydrogens is 218 g/mol. The van der Waals surface area contributed by atoms with E-state index < -0.39 is 0 Å². The predicted octanol–water partition coefficient (Wildman–Crippen LogP) is 1.18. The van der Waals surface area contributed by atoms with Crippen molar-refractivity contribution in [3.63, 3.8) is 0 Å². The van der Waals surface area contributed by atoms with Crippen LogP contribution in [0.5, 0.6) is 5.75 Å². The van der Waals surface area contributed by atoms with Gasteiger partial charge in [0.2, 0.25) is 5.95 Å². The van der Waals surface area contributed by atoms with Gasteiger partial charge in [0.15, 0.2) is 5.75 Å². The number of aromatic nitrogens is 4. The quantitative estimate of drug-likeness (QED) is 0.840. The molecule has 2 heterocycles. The maximum Gasteiger partial charge on any atom is 0.223 e. The van der Waals surface area contributed by atoms with Gasteiger partial charge in [0, 0.05) is 25.0 Å². The highest BCUT2D eigenvalue weighted by Gasteiger charge is 2.04. The minimum absolute atomic E-state index is 0.220. The van der Waals surface area contributed by atoms with Crippen molar-refractivity contribution in [1.29, 1.82) is 0 Å². The van der Waals surface area contributed by atoms with Crippen molar-refractivity contribution in [2.24, 2.45) is 0 Å². The Labute approximate surface area is 99.7 Å². The molecule has 0 aromatic carbocycles. The standard InChI is InChI=1S/C11H15N5O/c1-9(7-16-4-3-12-8-16)15-11-13-5-10(17-2)6-14-11/h3-6,8-9H,7H2,1-2H3,(H,13,14,15). The molecule has 2 aromatic heterocycles. The highest BCUT2D eigenvalue weighted by atomic mass is 16.5. The van der Waals surface area contributed by atoms with Gasteiger partial charge >= 0.3 is 0 Å². The fourth-order valence-electron chi connectivity index (χ4n) is 1.47. The Kier molecular flexibility index (Phi) is 3.54. The molecule has 1 N–H and O–H groups in total. The molecule has 0 aliphatic rings. The van der Waals surface area contributed by atoms with E-state index in [4.69, 9.17) is 4.74 Å². The van der Waals surface area contributed by atoms with E-state index in [1.165, 1.54) is 0 Å². The SMILES string of the molecule is COc1cnc(NC(C)Cn2ccnc2)nc1. The summed E-state index contributed by atoms with van der Waals surface area (Å²) >= 11 is 0. The zero-order valence-corrected chi connectivity index (χ0v) is 9.87. The molecule has 17 heavy (non-hydrogen) atoms. The number of methoxy groups -OCH3 is 1. The van der Waals surface area contributed by atoms with Gasteiger partial charge in [-0.05, 0) is 6.92 Å². The molecule has 0 saturated heterocycles. The largest absolute Gasteiger partial charge is 0.494 e. The zero-order valence-electron chi connectivity index (χ0n) is 9.87. The molecule has 2 aromatic rings. The van der Waals surface area contributed by atoms with Crippen molar-refractivity contribution in [2.45, 2.75) is 19.5 Å². The topological polar surface area (TPSA) is 64.9 Å². The van der Waals surface area contributed by atoms with E-state index in [1.807, 2.05) is 10.8 Å². The van der Waals surface area contributed by atoms with Gasteiger partial charge in [0.1, 0.15) is 0 Å². The first kappa shape index (κ1) is 11.4. The van der Waals surface area contributed by atoms with E-state index in [9.17, 15) is 0 Å². The second-order valence-electron chi connectivity index (χ2n) is 3.75. The molecule has 0 aliphatic carbocycles. The minimum atomic E-state index is 0.220. The van der Waals surface area contributed by atoms with Gasteiger partial charge in [-0.3, -0.25) is 0 Å². The molecule has 0 spiro atoms. The molecular formula is C11H15N5O. The minimum Gasteiger partial charge on any atom is -0.494 e. The van der Waals surface area contributed by atoms with E-state index in [-0.39, 0.29) is 6.04 Å². The van der Waals surface area contributed by atoms with Crippen LogP contribution in [0.3, 0.4) is 0 Å². The zero-order chi connectivity index (χ0) is 12.1. The van der Waals surface area contributed by atoms with Crippen LogP contribution in [0, 0.1) is 0 Å². The molecule has 6 nitrogen and oxygen atoms in total. The van der Waals surface area contributed by atoms with Gasteiger partial charge in [-0.1, -0.05) is 0 Å². The monoisotopic (exact) mass is 233 g/mol. The Morgan fingerprint density at radius 3 is 2.76 bits per heavy atom. The summed E-state index contributed by atoms with van der Waals surface area (Å²) in [4.78, 5) is 12.3. The van der Waals surface area contributed by atoms with Crippen LogP contribution in [0.25, 0.3) is 0 Å². The maximum absolute atomic E-state index is 4.99. The number of hydrogen-bond acceptors (Lipinski definition) is 5. The van der Waals surface area contributed by atoms with Crippen LogP contribution in [0.1, 0.15) is 6.92 Å². The fraction of sp³-hybridized carbons (Fsp3) is 0.364. The van der Waals surface area contributed by atoms with E-state index in [0.29, 0.717) is 11.7 Å². The average Bonchev–Trinajstić information content (AvgIpc) is 2.82. The first-order chi connectivity index (χ1) is 8.28. The summed E-state index contributed by atoms with van der Waals surface area (Å²) in [6.45, 7) is 2.88. The van der Waals surface area contributed by atoms with Crippen LogP contribution in [0.2, 0.25) is 0 Å². The average molecular weight is 233 g/mol. The number of ether oxygens (including phenoxy) is 1. The molecule has 1 atom stereocenters. The lowest BCUT2D eigenvalue weighted by atomic mass is 10.3. The number of rotatable bonds is 5. The van der Waals surface area contributed by atoms with Gasteiger partial charge in [0.05, 0.1) is 25.8 Å². The first-order valence-electron chi connectivity index (χ1n) is 5.36. The Balaban J connectivity index is 1.91. The maximum atomic E-state index is 4.99. The van der Waals surface area contributed by atoms with Crippen LogP contribution < -0.4 is 10.1 Å². The van der Waals surface area contributed by atoms with Crippen LogP contribution >= 0.6 is 0 Å². The van der Waals surface area contributed by atoms with Crippen LogP contribution in [-0.4, -0.2) is 32.7 Å². The van der Waals surface area contributed by atoms with Crippen LogP contribution in [0.4, 0.5) is 5.95 Å². The summed E-state index contributed by atoms with van der Waals surface area (Å²) in [7, 11) is 1.59. The third-order valence-corrected chi connectivity index (χ3v) is 2.28. The van der Waals surface area contributed by atoms with Crippen molar-refractivity contribution in [3.05, 3.63) is 31.1 Å². The highest BCUT2D eigenvalue weighted by Crippen LogP contribution is 2.08. The third-order valence-electron chi connectivity index (χ3n) is 2.28. The van der Waals surface area contributed by atoms with Crippen molar-refractivity contribution in [1.82, 2.24) is 19.5 Å². The predicted molar refractivity (Wildman–Crippen MR) is 63.9 cm³/mol. The first-order valence-corrected chi connectivity index (χ1v) is 5.36. The molecule has 0 fully saturated rings. The lowest BCUT2D eigenvalue weighted by Crippen LogP contribution is -2.22. The summed E-state index contributed by atoms with van der Waals surface area (Å²) in [5.74, 6) is 1.25. The third kappa shape index (κ3) is 3.17. The molecule has 0 aliphatic heterocycles. The summed E-state index contributed by atoms with van der Waals surface area (Å²) in [6.07, 6.45) is 8.75. The fourth-order valence-corrected chi connectivity index (χ4v) is 1.47. The lowest BCUT2D eigenvalue weighted by Gasteiger charge is -2.14. The molecule has 2 rings (SSSR count). The van der Waals surface area contributed by atoms with Crippen molar-refractivity contribution in [2.75, 3.05) is 12.4 Å². The highest BCUT2D eigenvalue weighted by molar-refractivity contribution is 5.27. The number of nitrogens with one attached hydrogen (secondary N) is 1.